The predicted molar refractivity (Wildman–Crippen MR) is 96.5 cm³/mol. The lowest BCUT2D eigenvalue weighted by Crippen LogP contribution is -2.31. The highest BCUT2D eigenvalue weighted by molar-refractivity contribution is 5.97. The molecule has 1 N–H and O–H groups in total. The van der Waals surface area contributed by atoms with Gasteiger partial charge in [-0.25, -0.2) is 4.98 Å². The van der Waals surface area contributed by atoms with Gasteiger partial charge in [-0.3, -0.25) is 4.79 Å². The lowest BCUT2D eigenvalue weighted by molar-refractivity contribution is 0.0681. The van der Waals surface area contributed by atoms with Crippen molar-refractivity contribution in [1.82, 2.24) is 9.88 Å². The molecule has 5 heteroatoms. The van der Waals surface area contributed by atoms with Gasteiger partial charge in [-0.1, -0.05) is 44.2 Å². The molecular formula is C20H22N2O3. The zero-order chi connectivity index (χ0) is 18.0. The molecular weight excluding hydrogens is 316 g/mol. The topological polar surface area (TPSA) is 66.6 Å². The molecule has 1 atom stereocenters. The first-order valence-corrected chi connectivity index (χ1v) is 8.34. The minimum absolute atomic E-state index is 0.161. The van der Waals surface area contributed by atoms with Crippen LogP contribution in [0.3, 0.4) is 0 Å². The number of fused-ring (bicyclic) bond motifs is 1. The van der Waals surface area contributed by atoms with Gasteiger partial charge in [0.05, 0.1) is 12.6 Å². The number of nitrogens with zero attached hydrogens (tertiary/aromatic N) is 2. The second-order valence-electron chi connectivity index (χ2n) is 6.50. The number of aromatic nitrogens is 1. The van der Waals surface area contributed by atoms with E-state index in [1.807, 2.05) is 44.2 Å². The lowest BCUT2D eigenvalue weighted by Gasteiger charge is -2.21. The van der Waals surface area contributed by atoms with Crippen molar-refractivity contribution in [2.75, 3.05) is 13.6 Å². The average molecular weight is 338 g/mol. The number of carbonyl (C=O) groups excluding carboxylic acids is 1. The highest BCUT2D eigenvalue weighted by Gasteiger charge is 2.18. The Balaban J connectivity index is 1.76. The van der Waals surface area contributed by atoms with E-state index in [1.165, 1.54) is 4.90 Å². The number of aliphatic hydroxyl groups excluding tert-OH is 1. The molecule has 0 aliphatic heterocycles. The maximum absolute atomic E-state index is 12.7. The van der Waals surface area contributed by atoms with Gasteiger partial charge in [-0.05, 0) is 23.8 Å². The predicted octanol–water partition coefficient (Wildman–Crippen LogP) is 3.76. The number of aliphatic hydroxyl groups is 1. The molecule has 5 nitrogen and oxygen atoms in total. The number of rotatable bonds is 5. The Hall–Kier alpha value is -2.66. The van der Waals surface area contributed by atoms with E-state index in [4.69, 9.17) is 4.42 Å². The van der Waals surface area contributed by atoms with Gasteiger partial charge >= 0.3 is 0 Å². The summed E-state index contributed by atoms with van der Waals surface area (Å²) in [5.74, 6) is 0.689. The van der Waals surface area contributed by atoms with Crippen molar-refractivity contribution in [1.29, 1.82) is 0 Å². The van der Waals surface area contributed by atoms with E-state index < -0.39 is 6.10 Å². The first-order chi connectivity index (χ1) is 12.0. The number of hydrogen-bond acceptors (Lipinski definition) is 4. The van der Waals surface area contributed by atoms with Crippen LogP contribution in [0, 0.1) is 0 Å². The van der Waals surface area contributed by atoms with Gasteiger partial charge in [0.2, 0.25) is 0 Å². The van der Waals surface area contributed by atoms with Crippen molar-refractivity contribution >= 4 is 17.0 Å². The summed E-state index contributed by atoms with van der Waals surface area (Å²) in [7, 11) is 1.68. The summed E-state index contributed by atoms with van der Waals surface area (Å²) in [5.41, 5.74) is 2.66. The molecule has 25 heavy (non-hydrogen) atoms. The largest absolute Gasteiger partial charge is 0.440 e. The van der Waals surface area contributed by atoms with Crippen LogP contribution in [0.2, 0.25) is 0 Å². The summed E-state index contributed by atoms with van der Waals surface area (Å²) in [6, 6.07) is 14.5. The Morgan fingerprint density at radius 2 is 1.92 bits per heavy atom. The van der Waals surface area contributed by atoms with Gasteiger partial charge in [0, 0.05) is 18.5 Å². The number of benzene rings is 2. The molecule has 3 rings (SSSR count). The van der Waals surface area contributed by atoms with Crippen LogP contribution in [0.1, 0.15) is 47.7 Å². The quantitative estimate of drug-likeness (QED) is 0.769. The normalized spacial score (nSPS) is 12.5. The summed E-state index contributed by atoms with van der Waals surface area (Å²) in [6.07, 6.45) is -0.724. The van der Waals surface area contributed by atoms with Crippen LogP contribution in [0.4, 0.5) is 0 Å². The van der Waals surface area contributed by atoms with E-state index in [1.54, 1.807) is 25.2 Å². The van der Waals surface area contributed by atoms with E-state index in [-0.39, 0.29) is 18.4 Å². The summed E-state index contributed by atoms with van der Waals surface area (Å²) >= 11 is 0. The standard InChI is InChI=1S/C20H22N2O3/c1-13(2)19-21-16-11-15(9-10-18(16)25-19)20(24)22(3)12-17(23)14-7-5-4-6-8-14/h4-11,13,17,23H,12H2,1-3H3/t17-/m1/s1. The molecule has 0 saturated carbocycles. The third-order valence-electron chi connectivity index (χ3n) is 4.12. The summed E-state index contributed by atoms with van der Waals surface area (Å²) in [5, 5.41) is 10.3. The van der Waals surface area contributed by atoms with Crippen molar-refractivity contribution in [3.05, 3.63) is 65.5 Å². The second-order valence-corrected chi connectivity index (χ2v) is 6.50. The average Bonchev–Trinajstić information content (AvgIpc) is 3.05. The minimum Gasteiger partial charge on any atom is -0.440 e. The fraction of sp³-hybridized carbons (Fsp3) is 0.300. The summed E-state index contributed by atoms with van der Waals surface area (Å²) in [6.45, 7) is 4.24. The van der Waals surface area contributed by atoms with E-state index in [2.05, 4.69) is 4.98 Å². The van der Waals surface area contributed by atoms with Crippen LogP contribution < -0.4 is 0 Å². The van der Waals surface area contributed by atoms with E-state index in [0.29, 0.717) is 22.6 Å². The van der Waals surface area contributed by atoms with Crippen LogP contribution in [0.15, 0.2) is 52.9 Å². The van der Waals surface area contributed by atoms with E-state index in [0.717, 1.165) is 5.56 Å². The summed E-state index contributed by atoms with van der Waals surface area (Å²) < 4.78 is 5.67. The fourth-order valence-corrected chi connectivity index (χ4v) is 2.67. The highest BCUT2D eigenvalue weighted by atomic mass is 16.3. The molecule has 0 fully saturated rings. The van der Waals surface area contributed by atoms with Gasteiger partial charge < -0.3 is 14.4 Å². The molecule has 0 spiro atoms. The van der Waals surface area contributed by atoms with Gasteiger partial charge in [-0.15, -0.1) is 0 Å². The number of amides is 1. The maximum Gasteiger partial charge on any atom is 0.253 e. The summed E-state index contributed by atoms with van der Waals surface area (Å²) in [4.78, 5) is 18.6. The molecule has 130 valence electrons. The van der Waals surface area contributed by atoms with Crippen molar-refractivity contribution in [2.24, 2.45) is 0 Å². The van der Waals surface area contributed by atoms with Gasteiger partial charge in [-0.2, -0.15) is 0 Å². The van der Waals surface area contributed by atoms with Gasteiger partial charge in [0.1, 0.15) is 5.52 Å². The fourth-order valence-electron chi connectivity index (χ4n) is 2.67. The van der Waals surface area contributed by atoms with Crippen LogP contribution >= 0.6 is 0 Å². The van der Waals surface area contributed by atoms with E-state index in [9.17, 15) is 9.90 Å². The molecule has 0 unspecified atom stereocenters. The van der Waals surface area contributed by atoms with Crippen LogP contribution in [-0.2, 0) is 0 Å². The third-order valence-corrected chi connectivity index (χ3v) is 4.12. The van der Waals surface area contributed by atoms with Crippen LogP contribution in [-0.4, -0.2) is 34.5 Å². The minimum atomic E-state index is -0.724. The zero-order valence-corrected chi connectivity index (χ0v) is 14.6. The number of oxazole rings is 1. The molecule has 3 aromatic rings. The first kappa shape index (κ1) is 17.2. The Labute approximate surface area is 146 Å². The third kappa shape index (κ3) is 3.72. The maximum atomic E-state index is 12.7. The highest BCUT2D eigenvalue weighted by Crippen LogP contribution is 2.23. The van der Waals surface area contributed by atoms with E-state index >= 15 is 0 Å². The number of carbonyl (C=O) groups is 1. The molecule has 0 aliphatic carbocycles. The van der Waals surface area contributed by atoms with Gasteiger partial charge in [0.15, 0.2) is 11.5 Å². The molecule has 0 aliphatic rings. The molecule has 0 radical (unpaired) electrons. The zero-order valence-electron chi connectivity index (χ0n) is 14.6. The molecule has 1 amide bonds. The molecule has 1 aromatic heterocycles. The first-order valence-electron chi connectivity index (χ1n) is 8.34. The Morgan fingerprint density at radius 3 is 2.60 bits per heavy atom. The lowest BCUT2D eigenvalue weighted by atomic mass is 10.1. The SMILES string of the molecule is CC(C)c1nc2cc(C(=O)N(C)C[C@@H](O)c3ccccc3)ccc2o1. The van der Waals surface area contributed by atoms with Crippen LogP contribution in [0.5, 0.6) is 0 Å². The molecule has 2 aromatic carbocycles. The Bertz CT molecular complexity index is 871. The monoisotopic (exact) mass is 338 g/mol. The number of hydrogen-bond donors (Lipinski definition) is 1. The van der Waals surface area contributed by atoms with Crippen LogP contribution in [0.25, 0.3) is 11.1 Å². The smallest absolute Gasteiger partial charge is 0.253 e. The molecule has 0 bridgehead atoms. The Morgan fingerprint density at radius 1 is 1.20 bits per heavy atom. The van der Waals surface area contributed by atoms with Crippen molar-refractivity contribution in [3.63, 3.8) is 0 Å². The molecule has 1 heterocycles. The number of likely N-dealkylation sites (N-methyl/N-ethyl adjacent to an activating group) is 1. The van der Waals surface area contributed by atoms with Crippen molar-refractivity contribution in [2.45, 2.75) is 25.9 Å². The molecule has 0 saturated heterocycles. The van der Waals surface area contributed by atoms with Gasteiger partial charge in [0.25, 0.3) is 5.91 Å². The van der Waals surface area contributed by atoms with Crippen molar-refractivity contribution in [3.8, 4) is 0 Å². The second kappa shape index (κ2) is 7.07. The van der Waals surface area contributed by atoms with Crippen molar-refractivity contribution < 1.29 is 14.3 Å². The Kier molecular flexibility index (Phi) is 4.86.